The van der Waals surface area contributed by atoms with E-state index in [1.807, 2.05) is 43.3 Å². The molecule has 0 saturated carbocycles. The van der Waals surface area contributed by atoms with Crippen molar-refractivity contribution in [2.24, 2.45) is 10.9 Å². The SMILES string of the molecule is CCSCCOC(=O)C1C(C)=NC2=C(C(=O)CC(c3ccccc3OC)C2)C1c1cc(OC)c(OC)c(OC)c1. The van der Waals surface area contributed by atoms with Crippen molar-refractivity contribution in [1.29, 1.82) is 0 Å². The maximum Gasteiger partial charge on any atom is 0.315 e. The average molecular weight is 568 g/mol. The number of esters is 1. The molecule has 0 spiro atoms. The molecule has 214 valence electrons. The van der Waals surface area contributed by atoms with Gasteiger partial charge in [-0.3, -0.25) is 14.6 Å². The van der Waals surface area contributed by atoms with Gasteiger partial charge in [-0.25, -0.2) is 0 Å². The first-order chi connectivity index (χ1) is 19.4. The number of carbonyl (C=O) groups excluding carboxylic acids is 2. The molecule has 2 aromatic rings. The van der Waals surface area contributed by atoms with Gasteiger partial charge in [0.1, 0.15) is 18.3 Å². The molecule has 2 aliphatic rings. The van der Waals surface area contributed by atoms with E-state index in [2.05, 4.69) is 6.92 Å². The van der Waals surface area contributed by atoms with Gasteiger partial charge in [-0.1, -0.05) is 25.1 Å². The fourth-order valence-electron chi connectivity index (χ4n) is 5.66. The highest BCUT2D eigenvalue weighted by Crippen LogP contribution is 2.50. The molecule has 0 bridgehead atoms. The first-order valence-electron chi connectivity index (χ1n) is 13.4. The van der Waals surface area contributed by atoms with Crippen molar-refractivity contribution in [2.45, 2.75) is 38.5 Å². The number of allylic oxidation sites excluding steroid dienone is 2. The van der Waals surface area contributed by atoms with Crippen LogP contribution in [0.2, 0.25) is 0 Å². The molecule has 1 aliphatic carbocycles. The molecular formula is C31H37NO7S. The Labute approximate surface area is 240 Å². The Morgan fingerprint density at radius 1 is 0.975 bits per heavy atom. The highest BCUT2D eigenvalue weighted by atomic mass is 32.2. The Balaban J connectivity index is 1.83. The first kappa shape index (κ1) is 29.5. The van der Waals surface area contributed by atoms with Crippen LogP contribution in [-0.4, -0.2) is 64.0 Å². The molecule has 0 fully saturated rings. The number of hydrogen-bond acceptors (Lipinski definition) is 9. The van der Waals surface area contributed by atoms with Crippen molar-refractivity contribution in [3.63, 3.8) is 0 Å². The number of carbonyl (C=O) groups is 2. The number of Topliss-reactive ketones (excluding diaryl/α,β-unsaturated/α-hetero) is 1. The van der Waals surface area contributed by atoms with Crippen LogP contribution in [0, 0.1) is 5.92 Å². The number of para-hydroxylation sites is 1. The van der Waals surface area contributed by atoms with Crippen molar-refractivity contribution in [3.8, 4) is 23.0 Å². The molecule has 8 nitrogen and oxygen atoms in total. The lowest BCUT2D eigenvalue weighted by atomic mass is 9.69. The molecule has 0 saturated heterocycles. The fourth-order valence-corrected chi connectivity index (χ4v) is 6.15. The number of benzene rings is 2. The van der Waals surface area contributed by atoms with Gasteiger partial charge in [0.15, 0.2) is 17.3 Å². The second-order valence-electron chi connectivity index (χ2n) is 9.66. The summed E-state index contributed by atoms with van der Waals surface area (Å²) in [5.74, 6) is 1.80. The van der Waals surface area contributed by atoms with Gasteiger partial charge in [-0.15, -0.1) is 0 Å². The van der Waals surface area contributed by atoms with Crippen molar-refractivity contribution < 1.29 is 33.3 Å². The van der Waals surface area contributed by atoms with E-state index in [0.717, 1.165) is 17.1 Å². The Bertz CT molecular complexity index is 1290. The minimum absolute atomic E-state index is 0.0495. The van der Waals surface area contributed by atoms with Gasteiger partial charge in [0.2, 0.25) is 5.75 Å². The molecule has 3 unspecified atom stereocenters. The van der Waals surface area contributed by atoms with Crippen molar-refractivity contribution >= 4 is 29.2 Å². The summed E-state index contributed by atoms with van der Waals surface area (Å²) in [7, 11) is 6.25. The Kier molecular flexibility index (Phi) is 9.79. The van der Waals surface area contributed by atoms with Crippen LogP contribution < -0.4 is 18.9 Å². The maximum absolute atomic E-state index is 14.0. The Hall–Kier alpha value is -3.46. The lowest BCUT2D eigenvalue weighted by molar-refractivity contribution is -0.145. The second kappa shape index (κ2) is 13.3. The van der Waals surface area contributed by atoms with Crippen LogP contribution in [-0.2, 0) is 14.3 Å². The number of ketones is 1. The number of rotatable bonds is 11. The number of thioether (sulfide) groups is 1. The molecule has 1 aliphatic heterocycles. The van der Waals surface area contributed by atoms with E-state index >= 15 is 0 Å². The molecule has 4 rings (SSSR count). The zero-order valence-corrected chi connectivity index (χ0v) is 24.8. The predicted octanol–water partition coefficient (Wildman–Crippen LogP) is 5.59. The Morgan fingerprint density at radius 2 is 1.65 bits per heavy atom. The molecule has 0 amide bonds. The average Bonchev–Trinajstić information content (AvgIpc) is 2.97. The lowest BCUT2D eigenvalue weighted by Crippen LogP contribution is -2.38. The highest BCUT2D eigenvalue weighted by molar-refractivity contribution is 7.99. The Morgan fingerprint density at radius 3 is 2.27 bits per heavy atom. The molecule has 3 atom stereocenters. The molecule has 0 aromatic heterocycles. The van der Waals surface area contributed by atoms with Crippen LogP contribution >= 0.6 is 11.8 Å². The molecular weight excluding hydrogens is 530 g/mol. The molecule has 40 heavy (non-hydrogen) atoms. The highest BCUT2D eigenvalue weighted by Gasteiger charge is 2.45. The molecule has 9 heteroatoms. The van der Waals surface area contributed by atoms with E-state index in [4.69, 9.17) is 28.7 Å². The van der Waals surface area contributed by atoms with Crippen LogP contribution in [0.1, 0.15) is 49.7 Å². The summed E-state index contributed by atoms with van der Waals surface area (Å²) in [4.78, 5) is 32.4. The third-order valence-corrected chi connectivity index (χ3v) is 8.31. The van der Waals surface area contributed by atoms with Gasteiger partial charge >= 0.3 is 5.97 Å². The standard InChI is InChI=1S/C31H37NO7S/c1-7-40-13-12-39-31(34)27-18(2)32-22-14-19(21-10-8-9-11-24(21)35-3)15-23(33)29(22)28(27)20-16-25(36-4)30(38-6)26(17-20)37-5/h8-11,16-17,19,27-28H,7,12-15H2,1-6H3. The van der Waals surface area contributed by atoms with Gasteiger partial charge in [-0.05, 0) is 48.4 Å². The summed E-state index contributed by atoms with van der Waals surface area (Å²) in [6.45, 7) is 4.18. The molecule has 1 heterocycles. The van der Waals surface area contributed by atoms with E-state index in [1.165, 1.54) is 7.11 Å². The van der Waals surface area contributed by atoms with Gasteiger partial charge in [0, 0.05) is 41.0 Å². The number of ether oxygens (including phenoxy) is 5. The van der Waals surface area contributed by atoms with Crippen LogP contribution in [0.25, 0.3) is 0 Å². The van der Waals surface area contributed by atoms with E-state index in [-0.39, 0.29) is 18.1 Å². The first-order valence-corrected chi connectivity index (χ1v) is 14.5. The zero-order chi connectivity index (χ0) is 28.8. The summed E-state index contributed by atoms with van der Waals surface area (Å²) in [5, 5.41) is 0. The van der Waals surface area contributed by atoms with E-state index < -0.39 is 17.8 Å². The summed E-state index contributed by atoms with van der Waals surface area (Å²) in [6.07, 6.45) is 0.832. The third kappa shape index (κ3) is 5.84. The van der Waals surface area contributed by atoms with Gasteiger partial charge in [0.25, 0.3) is 0 Å². The minimum Gasteiger partial charge on any atom is -0.496 e. The topological polar surface area (TPSA) is 92.7 Å². The quantitative estimate of drug-likeness (QED) is 0.256. The van der Waals surface area contributed by atoms with Crippen molar-refractivity contribution in [3.05, 3.63) is 58.8 Å². The third-order valence-electron chi connectivity index (χ3n) is 7.44. The van der Waals surface area contributed by atoms with E-state index in [9.17, 15) is 9.59 Å². The largest absolute Gasteiger partial charge is 0.496 e. The zero-order valence-electron chi connectivity index (χ0n) is 23.9. The number of aliphatic imine (C=N–C) groups is 1. The number of nitrogens with zero attached hydrogens (tertiary/aromatic N) is 1. The van der Waals surface area contributed by atoms with Crippen molar-refractivity contribution in [1.82, 2.24) is 0 Å². The fraction of sp³-hybridized carbons (Fsp3) is 0.452. The van der Waals surface area contributed by atoms with Gasteiger partial charge in [0.05, 0.1) is 28.4 Å². The van der Waals surface area contributed by atoms with Crippen LogP contribution in [0.3, 0.4) is 0 Å². The van der Waals surface area contributed by atoms with E-state index in [1.54, 1.807) is 33.1 Å². The van der Waals surface area contributed by atoms with Gasteiger partial charge in [-0.2, -0.15) is 11.8 Å². The van der Waals surface area contributed by atoms with Crippen molar-refractivity contribution in [2.75, 3.05) is 46.6 Å². The maximum atomic E-state index is 14.0. The monoisotopic (exact) mass is 567 g/mol. The number of methoxy groups -OCH3 is 4. The summed E-state index contributed by atoms with van der Waals surface area (Å²) in [5.41, 5.74) is 3.51. The number of hydrogen-bond donors (Lipinski definition) is 0. The molecule has 0 radical (unpaired) electrons. The summed E-state index contributed by atoms with van der Waals surface area (Å²) >= 11 is 1.70. The minimum atomic E-state index is -0.764. The van der Waals surface area contributed by atoms with Crippen LogP contribution in [0.5, 0.6) is 23.0 Å². The summed E-state index contributed by atoms with van der Waals surface area (Å²) in [6, 6.07) is 11.4. The summed E-state index contributed by atoms with van der Waals surface area (Å²) < 4.78 is 28.1. The van der Waals surface area contributed by atoms with E-state index in [0.29, 0.717) is 58.6 Å². The predicted molar refractivity (Wildman–Crippen MR) is 156 cm³/mol. The normalized spacial score (nSPS) is 20.4. The van der Waals surface area contributed by atoms with Crippen LogP contribution in [0.4, 0.5) is 0 Å². The van der Waals surface area contributed by atoms with Crippen LogP contribution in [0.15, 0.2) is 52.7 Å². The lowest BCUT2D eigenvalue weighted by Gasteiger charge is -2.37. The second-order valence-corrected chi connectivity index (χ2v) is 11.1. The smallest absolute Gasteiger partial charge is 0.315 e. The van der Waals surface area contributed by atoms with Gasteiger partial charge < -0.3 is 23.7 Å². The molecule has 0 N–H and O–H groups in total. The molecule has 2 aromatic carbocycles.